The number of nitrogens with one attached hydrogen (secondary N) is 4. The van der Waals surface area contributed by atoms with Crippen molar-refractivity contribution in [3.05, 3.63) is 29.2 Å². The Morgan fingerprint density at radius 1 is 1.09 bits per heavy atom. The van der Waals surface area contributed by atoms with E-state index in [-0.39, 0.29) is 30.2 Å². The number of aromatic nitrogens is 1. The summed E-state index contributed by atoms with van der Waals surface area (Å²) in [5.41, 5.74) is -1.10. The average molecular weight is 671 g/mol. The molecule has 1 aromatic heterocycles. The molecule has 1 aromatic rings. The first-order valence-electron chi connectivity index (χ1n) is 17.3. The Balaban J connectivity index is 1.53. The quantitative estimate of drug-likeness (QED) is 0.173. The van der Waals surface area contributed by atoms with Gasteiger partial charge in [-0.25, -0.2) is 9.78 Å². The van der Waals surface area contributed by atoms with Crippen LogP contribution in [-0.4, -0.2) is 76.2 Å². The molecule has 0 spiro atoms. The Bertz CT molecular complexity index is 1280. The fourth-order valence-corrected chi connectivity index (χ4v) is 7.87. The molecular weight excluding hydrogens is 616 g/mol. The van der Waals surface area contributed by atoms with Gasteiger partial charge in [0.05, 0.1) is 11.0 Å². The Morgan fingerprint density at radius 3 is 2.36 bits per heavy atom. The maximum atomic E-state index is 14.4. The highest BCUT2D eigenvalue weighted by Crippen LogP contribution is 2.36. The Hall–Kier alpha value is -3.28. The molecular formula is C35H54N6O5S. The van der Waals surface area contributed by atoms with Crippen molar-refractivity contribution in [3.8, 4) is 0 Å². The van der Waals surface area contributed by atoms with Gasteiger partial charge < -0.3 is 26.2 Å². The van der Waals surface area contributed by atoms with Crippen LogP contribution >= 0.6 is 11.3 Å². The van der Waals surface area contributed by atoms with Crippen LogP contribution in [0.5, 0.6) is 0 Å². The normalized spacial score (nSPS) is 22.2. The lowest BCUT2D eigenvalue weighted by Gasteiger charge is -2.40. The van der Waals surface area contributed by atoms with Crippen LogP contribution in [0.3, 0.4) is 0 Å². The molecule has 4 atom stereocenters. The number of likely N-dealkylation sites (tertiary alicyclic amines) is 1. The van der Waals surface area contributed by atoms with Crippen molar-refractivity contribution in [3.63, 3.8) is 0 Å². The fraction of sp³-hybridized carbons (Fsp3) is 0.714. The molecule has 2 aliphatic carbocycles. The molecule has 1 unspecified atom stereocenters. The number of urea groups is 1. The minimum atomic E-state index is -0.975. The number of ketones is 1. The molecule has 12 heteroatoms. The molecule has 5 amide bonds. The second-order valence-electron chi connectivity index (χ2n) is 15.1. The Kier molecular flexibility index (Phi) is 12.2. The average Bonchev–Trinajstić information content (AvgIpc) is 3.47. The largest absolute Gasteiger partial charge is 0.346 e. The number of hydrogen-bond donors (Lipinski definition) is 4. The summed E-state index contributed by atoms with van der Waals surface area (Å²) >= 11 is 1.58. The highest BCUT2D eigenvalue weighted by molar-refractivity contribution is 7.09. The number of thiazole rings is 1. The molecule has 11 nitrogen and oxygen atoms in total. The predicted octanol–water partition coefficient (Wildman–Crippen LogP) is 4.13. The van der Waals surface area contributed by atoms with Gasteiger partial charge in [-0.2, -0.15) is 0 Å². The summed E-state index contributed by atoms with van der Waals surface area (Å²) in [6, 6.07) is -3.12. The molecule has 0 bridgehead atoms. The van der Waals surface area contributed by atoms with Crippen LogP contribution in [0, 0.1) is 23.2 Å². The standard InChI is InChI=1S/C35H54N6O5S/c1-7-16-37-31(44)28(42)25(20-23-11-12-23)38-30(43)27-24(22(2)3)13-18-41(27)32(45)29(34(4,5)6)39-33(46)40-35(14-9-8-10-15-35)21-26-36-17-19-47-26/h7,17,19,22-25,27,29H,1,8-16,18,20-21H2,2-6H3,(H,37,44)(H,38,43)(H2,39,40,46)/t24-,25?,27+,29-/m1/s1. The molecule has 2 saturated carbocycles. The first-order chi connectivity index (χ1) is 22.2. The summed E-state index contributed by atoms with van der Waals surface area (Å²) in [6.45, 7) is 13.8. The van der Waals surface area contributed by atoms with E-state index in [1.807, 2.05) is 40.0 Å². The smallest absolute Gasteiger partial charge is 0.315 e. The first-order valence-corrected chi connectivity index (χ1v) is 18.1. The van der Waals surface area contributed by atoms with Crippen LogP contribution in [-0.2, 0) is 25.6 Å². The molecule has 0 radical (unpaired) electrons. The zero-order valence-corrected chi connectivity index (χ0v) is 29.5. The van der Waals surface area contributed by atoms with Gasteiger partial charge in [0.2, 0.25) is 17.6 Å². The number of rotatable bonds is 14. The van der Waals surface area contributed by atoms with Crippen molar-refractivity contribution < 1.29 is 24.0 Å². The van der Waals surface area contributed by atoms with Crippen LogP contribution in [0.1, 0.15) is 97.4 Å². The van der Waals surface area contributed by atoms with E-state index in [2.05, 4.69) is 32.8 Å². The summed E-state index contributed by atoms with van der Waals surface area (Å²) in [6.07, 6.45) is 11.6. The van der Waals surface area contributed by atoms with Crippen LogP contribution in [0.25, 0.3) is 0 Å². The number of carbonyl (C=O) groups is 5. The summed E-state index contributed by atoms with van der Waals surface area (Å²) < 4.78 is 0. The predicted molar refractivity (Wildman–Crippen MR) is 182 cm³/mol. The lowest BCUT2D eigenvalue weighted by atomic mass is 9.79. The van der Waals surface area contributed by atoms with Gasteiger partial charge >= 0.3 is 6.03 Å². The van der Waals surface area contributed by atoms with Gasteiger partial charge in [0.15, 0.2) is 0 Å². The zero-order chi connectivity index (χ0) is 34.4. The molecule has 4 N–H and O–H groups in total. The molecule has 47 heavy (non-hydrogen) atoms. The van der Waals surface area contributed by atoms with Crippen molar-refractivity contribution in [2.75, 3.05) is 13.1 Å². The van der Waals surface area contributed by atoms with Crippen molar-refractivity contribution in [2.45, 2.75) is 122 Å². The van der Waals surface area contributed by atoms with Crippen molar-refractivity contribution >= 4 is 40.9 Å². The lowest BCUT2D eigenvalue weighted by Crippen LogP contribution is -2.63. The maximum Gasteiger partial charge on any atom is 0.315 e. The number of amides is 5. The van der Waals surface area contributed by atoms with Crippen LogP contribution in [0.4, 0.5) is 4.79 Å². The van der Waals surface area contributed by atoms with E-state index >= 15 is 0 Å². The van der Waals surface area contributed by atoms with E-state index in [4.69, 9.17) is 0 Å². The maximum absolute atomic E-state index is 14.4. The van der Waals surface area contributed by atoms with E-state index in [9.17, 15) is 24.0 Å². The zero-order valence-electron chi connectivity index (χ0n) is 28.7. The summed E-state index contributed by atoms with van der Waals surface area (Å²) in [7, 11) is 0. The first kappa shape index (κ1) is 36.6. The van der Waals surface area contributed by atoms with Crippen molar-refractivity contribution in [1.29, 1.82) is 0 Å². The van der Waals surface area contributed by atoms with Crippen molar-refractivity contribution in [2.24, 2.45) is 23.2 Å². The van der Waals surface area contributed by atoms with Gasteiger partial charge in [0.25, 0.3) is 5.91 Å². The highest BCUT2D eigenvalue weighted by Gasteiger charge is 2.48. The molecule has 3 aliphatic rings. The molecule has 3 fully saturated rings. The molecule has 2 heterocycles. The van der Waals surface area contributed by atoms with Gasteiger partial charge in [-0.3, -0.25) is 19.2 Å². The second kappa shape index (κ2) is 15.7. The highest BCUT2D eigenvalue weighted by atomic mass is 32.1. The number of carbonyl (C=O) groups excluding carboxylic acids is 5. The third-order valence-electron chi connectivity index (χ3n) is 9.93. The van der Waals surface area contributed by atoms with E-state index in [0.717, 1.165) is 50.0 Å². The van der Waals surface area contributed by atoms with E-state index in [1.165, 1.54) is 6.08 Å². The minimum Gasteiger partial charge on any atom is -0.346 e. The summed E-state index contributed by atoms with van der Waals surface area (Å²) in [4.78, 5) is 74.0. The molecule has 0 aromatic carbocycles. The monoisotopic (exact) mass is 670 g/mol. The van der Waals surface area contributed by atoms with Crippen LogP contribution in [0.15, 0.2) is 24.2 Å². The lowest BCUT2D eigenvalue weighted by molar-refractivity contribution is -0.144. The van der Waals surface area contributed by atoms with Gasteiger partial charge in [-0.1, -0.05) is 72.8 Å². The molecule has 260 valence electrons. The number of hydrogen-bond acceptors (Lipinski definition) is 7. The third-order valence-corrected chi connectivity index (χ3v) is 10.7. The molecule has 1 aliphatic heterocycles. The molecule has 1 saturated heterocycles. The number of nitrogens with zero attached hydrogens (tertiary/aromatic N) is 2. The topological polar surface area (TPSA) is 150 Å². The van der Waals surface area contributed by atoms with E-state index < -0.39 is 52.7 Å². The van der Waals surface area contributed by atoms with Crippen molar-refractivity contribution in [1.82, 2.24) is 31.2 Å². The second-order valence-corrected chi connectivity index (χ2v) is 16.1. The van der Waals surface area contributed by atoms with Crippen LogP contribution < -0.4 is 21.3 Å². The van der Waals surface area contributed by atoms with Gasteiger partial charge in [0, 0.05) is 36.6 Å². The van der Waals surface area contributed by atoms with Gasteiger partial charge in [-0.05, 0) is 48.9 Å². The van der Waals surface area contributed by atoms with Crippen LogP contribution in [0.2, 0.25) is 0 Å². The summed E-state index contributed by atoms with van der Waals surface area (Å²) in [5.74, 6) is -2.01. The molecule has 4 rings (SSSR count). The van der Waals surface area contributed by atoms with E-state index in [0.29, 0.717) is 25.8 Å². The van der Waals surface area contributed by atoms with Gasteiger partial charge in [-0.15, -0.1) is 17.9 Å². The fourth-order valence-electron chi connectivity index (χ4n) is 7.11. The third kappa shape index (κ3) is 9.64. The van der Waals surface area contributed by atoms with Gasteiger partial charge in [0.1, 0.15) is 12.1 Å². The summed E-state index contributed by atoms with van der Waals surface area (Å²) in [5, 5.41) is 14.6. The minimum absolute atomic E-state index is 0.0818. The Labute approximate surface area is 283 Å². The van der Waals surface area contributed by atoms with E-state index in [1.54, 1.807) is 22.4 Å². The number of Topliss-reactive ketones (excluding diaryl/α,β-unsaturated/α-hetero) is 1. The Morgan fingerprint density at radius 2 is 1.79 bits per heavy atom. The SMILES string of the molecule is C=CCNC(=O)C(=O)C(CC1CC1)NC(=O)[C@@H]1[C@@H](C(C)C)CCN1C(=O)[C@@H](NC(=O)NC1(Cc2nccs2)CCCCC1)C(C)(C)C.